The zero-order valence-corrected chi connectivity index (χ0v) is 10.8. The molecule has 1 aliphatic rings. The summed E-state index contributed by atoms with van der Waals surface area (Å²) in [6.45, 7) is 2.31. The molecule has 1 heterocycles. The van der Waals surface area contributed by atoms with E-state index in [0.29, 0.717) is 19.8 Å². The summed E-state index contributed by atoms with van der Waals surface area (Å²) in [5.74, 6) is 0. The average Bonchev–Trinajstić information content (AvgIpc) is 2.92. The number of likely N-dealkylation sites (tertiary alicyclic amines) is 1. The molecule has 1 aromatic carbocycles. The van der Waals surface area contributed by atoms with Gasteiger partial charge in [-0.25, -0.2) is 0 Å². The van der Waals surface area contributed by atoms with E-state index in [0.717, 1.165) is 24.9 Å². The molecule has 0 saturated carbocycles. The van der Waals surface area contributed by atoms with Crippen molar-refractivity contribution in [2.24, 2.45) is 5.16 Å². The summed E-state index contributed by atoms with van der Waals surface area (Å²) in [6, 6.07) is 9.86. The van der Waals surface area contributed by atoms with Crippen molar-refractivity contribution in [1.82, 2.24) is 4.90 Å². The fourth-order valence-electron chi connectivity index (χ4n) is 1.93. The fourth-order valence-corrected chi connectivity index (χ4v) is 1.93. The van der Waals surface area contributed by atoms with Crippen LogP contribution in [0.4, 0.5) is 0 Å². The zero-order chi connectivity index (χ0) is 13.3. The lowest BCUT2D eigenvalue weighted by atomic mass is 10.2. The van der Waals surface area contributed by atoms with E-state index in [2.05, 4.69) is 5.16 Å². The number of benzene rings is 1. The molecule has 1 aromatic rings. The number of rotatable bonds is 7. The summed E-state index contributed by atoms with van der Waals surface area (Å²) < 4.78 is 5.56. The van der Waals surface area contributed by atoms with Gasteiger partial charge in [-0.15, -0.1) is 0 Å². The van der Waals surface area contributed by atoms with Crippen molar-refractivity contribution >= 4 is 12.6 Å². The third kappa shape index (κ3) is 4.71. The van der Waals surface area contributed by atoms with Crippen LogP contribution in [0.2, 0.25) is 0 Å². The Morgan fingerprint density at radius 2 is 2.21 bits per heavy atom. The second kappa shape index (κ2) is 7.53. The number of nitrogens with zero attached hydrogens (tertiary/aromatic N) is 2. The minimum Gasteiger partial charge on any atom is -0.391 e. The van der Waals surface area contributed by atoms with Crippen LogP contribution in [0.5, 0.6) is 0 Å². The lowest BCUT2D eigenvalue weighted by molar-refractivity contribution is -0.117. The van der Waals surface area contributed by atoms with Crippen molar-refractivity contribution in [3.8, 4) is 0 Å². The molecule has 0 N–H and O–H groups in total. The SMILES string of the molecule is O=CN1CCC(OC/C=N/OCc2ccccc2)C1. The molecule has 0 aromatic heterocycles. The average molecular weight is 262 g/mol. The van der Waals surface area contributed by atoms with Crippen molar-refractivity contribution in [2.45, 2.75) is 19.1 Å². The summed E-state index contributed by atoms with van der Waals surface area (Å²) in [4.78, 5) is 17.4. The van der Waals surface area contributed by atoms with Crippen LogP contribution in [0.15, 0.2) is 35.5 Å². The van der Waals surface area contributed by atoms with Crippen LogP contribution < -0.4 is 0 Å². The first kappa shape index (κ1) is 13.5. The first-order valence-electron chi connectivity index (χ1n) is 6.37. The standard InChI is InChI=1S/C14H18N2O3/c17-12-16-8-6-14(10-16)18-9-7-15-19-11-13-4-2-1-3-5-13/h1-5,7,12,14H,6,8-11H2/b15-7+. The second-order valence-corrected chi connectivity index (χ2v) is 4.39. The molecule has 19 heavy (non-hydrogen) atoms. The molecule has 102 valence electrons. The van der Waals surface area contributed by atoms with Crippen LogP contribution in [-0.4, -0.2) is 43.3 Å². The van der Waals surface area contributed by atoms with Crippen LogP contribution in [-0.2, 0) is 21.0 Å². The van der Waals surface area contributed by atoms with E-state index < -0.39 is 0 Å². The topological polar surface area (TPSA) is 51.1 Å². The highest BCUT2D eigenvalue weighted by Gasteiger charge is 2.20. The zero-order valence-electron chi connectivity index (χ0n) is 10.8. The minimum atomic E-state index is 0.116. The molecular weight excluding hydrogens is 244 g/mol. The van der Waals surface area contributed by atoms with Gasteiger partial charge in [0.1, 0.15) is 6.61 Å². The smallest absolute Gasteiger partial charge is 0.209 e. The third-order valence-corrected chi connectivity index (χ3v) is 2.96. The molecule has 1 atom stereocenters. The van der Waals surface area contributed by atoms with E-state index in [1.54, 1.807) is 11.1 Å². The Kier molecular flexibility index (Phi) is 5.37. The number of oxime groups is 1. The molecule has 0 aliphatic carbocycles. The van der Waals surface area contributed by atoms with E-state index in [9.17, 15) is 4.79 Å². The predicted molar refractivity (Wildman–Crippen MR) is 71.7 cm³/mol. The maximum atomic E-state index is 10.5. The van der Waals surface area contributed by atoms with Crippen LogP contribution in [0.1, 0.15) is 12.0 Å². The Hall–Kier alpha value is -1.88. The fraction of sp³-hybridized carbons (Fsp3) is 0.429. The number of carbonyl (C=O) groups excluding carboxylic acids is 1. The first-order valence-corrected chi connectivity index (χ1v) is 6.37. The van der Waals surface area contributed by atoms with E-state index in [1.165, 1.54) is 0 Å². The van der Waals surface area contributed by atoms with Gasteiger partial charge in [-0.05, 0) is 12.0 Å². The molecule has 0 radical (unpaired) electrons. The summed E-state index contributed by atoms with van der Waals surface area (Å²) in [6.07, 6.45) is 3.47. The second-order valence-electron chi connectivity index (χ2n) is 4.39. The monoisotopic (exact) mass is 262 g/mol. The summed E-state index contributed by atoms with van der Waals surface area (Å²) >= 11 is 0. The molecule has 1 fully saturated rings. The van der Waals surface area contributed by atoms with Gasteiger partial charge in [0.25, 0.3) is 0 Å². The quantitative estimate of drug-likeness (QED) is 0.424. The molecule has 0 bridgehead atoms. The molecule has 0 spiro atoms. The van der Waals surface area contributed by atoms with Crippen molar-refractivity contribution in [3.63, 3.8) is 0 Å². The van der Waals surface area contributed by atoms with Crippen molar-refractivity contribution < 1.29 is 14.4 Å². The highest BCUT2D eigenvalue weighted by molar-refractivity contribution is 5.57. The van der Waals surface area contributed by atoms with Crippen LogP contribution in [0.25, 0.3) is 0 Å². The molecule has 1 amide bonds. The van der Waals surface area contributed by atoms with Crippen LogP contribution in [0.3, 0.4) is 0 Å². The number of ether oxygens (including phenoxy) is 1. The van der Waals surface area contributed by atoms with Gasteiger partial charge < -0.3 is 14.5 Å². The van der Waals surface area contributed by atoms with Crippen molar-refractivity contribution in [3.05, 3.63) is 35.9 Å². The molecule has 2 rings (SSSR count). The molecule has 5 nitrogen and oxygen atoms in total. The van der Waals surface area contributed by atoms with Gasteiger partial charge in [0.2, 0.25) is 6.41 Å². The lowest BCUT2D eigenvalue weighted by Gasteiger charge is -2.09. The highest BCUT2D eigenvalue weighted by Crippen LogP contribution is 2.09. The Labute approximate surface area is 112 Å². The normalized spacial score (nSPS) is 18.9. The van der Waals surface area contributed by atoms with Gasteiger partial charge in [-0.1, -0.05) is 35.5 Å². The number of carbonyl (C=O) groups is 1. The molecular formula is C14H18N2O3. The number of amides is 1. The molecule has 1 unspecified atom stereocenters. The third-order valence-electron chi connectivity index (χ3n) is 2.96. The predicted octanol–water partition coefficient (Wildman–Crippen LogP) is 1.44. The molecule has 5 heteroatoms. The van der Waals surface area contributed by atoms with Gasteiger partial charge in [0.15, 0.2) is 0 Å². The summed E-state index contributed by atoms with van der Waals surface area (Å²) in [5.41, 5.74) is 1.08. The van der Waals surface area contributed by atoms with Gasteiger partial charge >= 0.3 is 0 Å². The number of hydrogen-bond acceptors (Lipinski definition) is 4. The molecule has 1 aliphatic heterocycles. The van der Waals surface area contributed by atoms with Gasteiger partial charge in [0.05, 0.1) is 18.9 Å². The molecule has 1 saturated heterocycles. The van der Waals surface area contributed by atoms with E-state index >= 15 is 0 Å². The summed E-state index contributed by atoms with van der Waals surface area (Å²) in [7, 11) is 0. The minimum absolute atomic E-state index is 0.116. The largest absolute Gasteiger partial charge is 0.391 e. The van der Waals surface area contributed by atoms with Crippen molar-refractivity contribution in [2.75, 3.05) is 19.7 Å². The van der Waals surface area contributed by atoms with E-state index in [4.69, 9.17) is 9.57 Å². The maximum absolute atomic E-state index is 10.5. The first-order chi connectivity index (χ1) is 9.38. The summed E-state index contributed by atoms with van der Waals surface area (Å²) in [5, 5.41) is 3.83. The maximum Gasteiger partial charge on any atom is 0.209 e. The lowest BCUT2D eigenvalue weighted by Crippen LogP contribution is -2.22. The Morgan fingerprint density at radius 1 is 1.37 bits per heavy atom. The van der Waals surface area contributed by atoms with Gasteiger partial charge in [-0.2, -0.15) is 0 Å². The number of hydrogen-bond donors (Lipinski definition) is 0. The van der Waals surface area contributed by atoms with E-state index in [1.807, 2.05) is 30.3 Å². The van der Waals surface area contributed by atoms with Crippen LogP contribution in [0, 0.1) is 0 Å². The van der Waals surface area contributed by atoms with Crippen LogP contribution >= 0.6 is 0 Å². The van der Waals surface area contributed by atoms with Gasteiger partial charge in [-0.3, -0.25) is 4.79 Å². The Bertz CT molecular complexity index is 408. The Balaban J connectivity index is 1.56. The van der Waals surface area contributed by atoms with Gasteiger partial charge in [0, 0.05) is 13.1 Å². The highest BCUT2D eigenvalue weighted by atomic mass is 16.6. The van der Waals surface area contributed by atoms with E-state index in [-0.39, 0.29) is 6.10 Å². The van der Waals surface area contributed by atoms with Crippen molar-refractivity contribution in [1.29, 1.82) is 0 Å². The Morgan fingerprint density at radius 3 is 2.95 bits per heavy atom.